The summed E-state index contributed by atoms with van der Waals surface area (Å²) in [6.45, 7) is 0. The number of para-hydroxylation sites is 1. The van der Waals surface area contributed by atoms with E-state index in [-0.39, 0.29) is 6.04 Å². The minimum atomic E-state index is 0.00219. The van der Waals surface area contributed by atoms with Crippen LogP contribution in [0.25, 0.3) is 5.69 Å². The number of aryl methyl sites for hydroxylation is 1. The lowest BCUT2D eigenvalue weighted by atomic mass is 10.1. The number of rotatable bonds is 6. The molecular weight excluding hydrogens is 282 g/mol. The second-order valence-corrected chi connectivity index (χ2v) is 5.56. The Morgan fingerprint density at radius 2 is 2.10 bits per heavy atom. The summed E-state index contributed by atoms with van der Waals surface area (Å²) < 4.78 is 0. The van der Waals surface area contributed by atoms with Crippen LogP contribution < -0.4 is 11.3 Å². The van der Waals surface area contributed by atoms with Crippen LogP contribution in [0.2, 0.25) is 0 Å². The van der Waals surface area contributed by atoms with E-state index in [9.17, 15) is 0 Å². The molecule has 0 aliphatic rings. The van der Waals surface area contributed by atoms with Crippen LogP contribution in [0.15, 0.2) is 53.4 Å². The predicted octanol–water partition coefficient (Wildman–Crippen LogP) is 2.47. The summed E-state index contributed by atoms with van der Waals surface area (Å²) >= 11 is 1.71. The Labute approximate surface area is 127 Å². The minimum absolute atomic E-state index is 0.00219. The molecule has 0 bridgehead atoms. The highest BCUT2D eigenvalue weighted by atomic mass is 32.1. The fraction of sp³-hybridized carbons (Fsp3) is 0.200. The van der Waals surface area contributed by atoms with Crippen LogP contribution in [-0.4, -0.2) is 15.0 Å². The fourth-order valence-electron chi connectivity index (χ4n) is 2.18. The van der Waals surface area contributed by atoms with Crippen molar-refractivity contribution in [1.29, 1.82) is 0 Å². The highest BCUT2D eigenvalue weighted by molar-refractivity contribution is 7.07. The molecule has 108 valence electrons. The van der Waals surface area contributed by atoms with Gasteiger partial charge in [-0.1, -0.05) is 18.2 Å². The normalized spacial score (nSPS) is 12.4. The van der Waals surface area contributed by atoms with Gasteiger partial charge < -0.3 is 0 Å². The van der Waals surface area contributed by atoms with Gasteiger partial charge in [-0.05, 0) is 47.4 Å². The monoisotopic (exact) mass is 299 g/mol. The van der Waals surface area contributed by atoms with Crippen molar-refractivity contribution in [3.05, 3.63) is 64.6 Å². The van der Waals surface area contributed by atoms with Gasteiger partial charge in [0.05, 0.1) is 17.9 Å². The molecule has 1 atom stereocenters. The van der Waals surface area contributed by atoms with E-state index in [1.165, 1.54) is 5.56 Å². The van der Waals surface area contributed by atoms with Gasteiger partial charge in [0, 0.05) is 0 Å². The first-order valence-electron chi connectivity index (χ1n) is 6.81. The molecule has 1 unspecified atom stereocenters. The Balaban J connectivity index is 1.71. The van der Waals surface area contributed by atoms with E-state index in [0.717, 1.165) is 24.2 Å². The van der Waals surface area contributed by atoms with E-state index >= 15 is 0 Å². The molecule has 3 rings (SSSR count). The third kappa shape index (κ3) is 3.36. The zero-order valence-corrected chi connectivity index (χ0v) is 12.3. The lowest BCUT2D eigenvalue weighted by molar-refractivity contribution is 0.500. The van der Waals surface area contributed by atoms with Crippen molar-refractivity contribution < 1.29 is 0 Å². The molecule has 0 fully saturated rings. The smallest absolute Gasteiger partial charge is 0.101 e. The SMILES string of the molecule is NNC(CCc1ccsc1)c1cnn(-c2ccccc2)n1. The summed E-state index contributed by atoms with van der Waals surface area (Å²) in [6.07, 6.45) is 3.63. The third-order valence-electron chi connectivity index (χ3n) is 3.36. The molecule has 3 N–H and O–H groups in total. The van der Waals surface area contributed by atoms with E-state index in [1.807, 2.05) is 30.3 Å². The predicted molar refractivity (Wildman–Crippen MR) is 84.1 cm³/mol. The van der Waals surface area contributed by atoms with Crippen molar-refractivity contribution in [3.8, 4) is 5.69 Å². The summed E-state index contributed by atoms with van der Waals surface area (Å²) in [4.78, 5) is 1.63. The Kier molecular flexibility index (Phi) is 4.40. The molecule has 0 radical (unpaired) electrons. The Morgan fingerprint density at radius 1 is 1.24 bits per heavy atom. The molecule has 0 aliphatic carbocycles. The third-order valence-corrected chi connectivity index (χ3v) is 4.09. The van der Waals surface area contributed by atoms with Gasteiger partial charge in [-0.25, -0.2) is 0 Å². The van der Waals surface area contributed by atoms with Crippen molar-refractivity contribution in [1.82, 2.24) is 20.4 Å². The van der Waals surface area contributed by atoms with E-state index in [2.05, 4.69) is 32.4 Å². The van der Waals surface area contributed by atoms with Crippen LogP contribution in [0.4, 0.5) is 0 Å². The zero-order chi connectivity index (χ0) is 14.5. The number of thiophene rings is 1. The number of aromatic nitrogens is 3. The van der Waals surface area contributed by atoms with Crippen molar-refractivity contribution in [2.24, 2.45) is 5.84 Å². The molecule has 0 aliphatic heterocycles. The largest absolute Gasteiger partial charge is 0.271 e. The van der Waals surface area contributed by atoms with E-state index in [4.69, 9.17) is 5.84 Å². The van der Waals surface area contributed by atoms with E-state index < -0.39 is 0 Å². The van der Waals surface area contributed by atoms with E-state index in [0.29, 0.717) is 0 Å². The van der Waals surface area contributed by atoms with Crippen LogP contribution in [-0.2, 0) is 6.42 Å². The maximum atomic E-state index is 5.67. The lowest BCUT2D eigenvalue weighted by Crippen LogP contribution is -2.28. The maximum absolute atomic E-state index is 5.67. The summed E-state index contributed by atoms with van der Waals surface area (Å²) in [5, 5.41) is 13.1. The molecule has 0 amide bonds. The number of nitrogens with two attached hydrogens (primary N) is 1. The Morgan fingerprint density at radius 3 is 2.81 bits per heavy atom. The minimum Gasteiger partial charge on any atom is -0.271 e. The van der Waals surface area contributed by atoms with Crippen molar-refractivity contribution in [2.45, 2.75) is 18.9 Å². The standard InChI is InChI=1S/C15H17N5S/c16-18-14(7-6-12-8-9-21-11-12)15-10-17-20(19-15)13-4-2-1-3-5-13/h1-5,8-11,14,18H,6-7,16H2. The second kappa shape index (κ2) is 6.62. The fourth-order valence-corrected chi connectivity index (χ4v) is 2.89. The summed E-state index contributed by atoms with van der Waals surface area (Å²) in [6, 6.07) is 12.0. The highest BCUT2D eigenvalue weighted by Gasteiger charge is 2.14. The first-order chi connectivity index (χ1) is 10.4. The molecule has 5 nitrogen and oxygen atoms in total. The van der Waals surface area contributed by atoms with Gasteiger partial charge in [-0.3, -0.25) is 11.3 Å². The summed E-state index contributed by atoms with van der Waals surface area (Å²) in [5.74, 6) is 5.67. The van der Waals surface area contributed by atoms with Gasteiger partial charge in [0.15, 0.2) is 0 Å². The maximum Gasteiger partial charge on any atom is 0.101 e. The van der Waals surface area contributed by atoms with E-state index in [1.54, 1.807) is 22.3 Å². The van der Waals surface area contributed by atoms with Crippen LogP contribution >= 0.6 is 11.3 Å². The number of nitrogens with one attached hydrogen (secondary N) is 1. The molecule has 6 heteroatoms. The topological polar surface area (TPSA) is 68.8 Å². The number of hydrogen-bond acceptors (Lipinski definition) is 5. The molecule has 0 saturated heterocycles. The molecular formula is C15H17N5S. The molecule has 0 saturated carbocycles. The van der Waals surface area contributed by atoms with Gasteiger partial charge in [0.2, 0.25) is 0 Å². The van der Waals surface area contributed by atoms with Crippen molar-refractivity contribution in [2.75, 3.05) is 0 Å². The number of hydrogen-bond donors (Lipinski definition) is 2. The highest BCUT2D eigenvalue weighted by Crippen LogP contribution is 2.18. The average Bonchev–Trinajstić information content (AvgIpc) is 3.20. The van der Waals surface area contributed by atoms with Gasteiger partial charge in [0.25, 0.3) is 0 Å². The van der Waals surface area contributed by atoms with Crippen LogP contribution in [0.5, 0.6) is 0 Å². The summed E-state index contributed by atoms with van der Waals surface area (Å²) in [5.41, 5.74) is 5.96. The molecule has 1 aromatic carbocycles. The Hall–Kier alpha value is -2.02. The molecule has 0 spiro atoms. The van der Waals surface area contributed by atoms with Gasteiger partial charge in [-0.15, -0.1) is 0 Å². The first-order valence-corrected chi connectivity index (χ1v) is 7.76. The van der Waals surface area contributed by atoms with Gasteiger partial charge in [-0.2, -0.15) is 26.3 Å². The number of benzene rings is 1. The average molecular weight is 299 g/mol. The van der Waals surface area contributed by atoms with Crippen LogP contribution in [0.1, 0.15) is 23.7 Å². The quantitative estimate of drug-likeness (QED) is 0.542. The summed E-state index contributed by atoms with van der Waals surface area (Å²) in [7, 11) is 0. The van der Waals surface area contributed by atoms with Gasteiger partial charge >= 0.3 is 0 Å². The molecule has 3 aromatic rings. The molecule has 2 heterocycles. The lowest BCUT2D eigenvalue weighted by Gasteiger charge is -2.12. The molecule has 21 heavy (non-hydrogen) atoms. The van der Waals surface area contributed by atoms with Gasteiger partial charge in [0.1, 0.15) is 5.69 Å². The van der Waals surface area contributed by atoms with Crippen LogP contribution in [0, 0.1) is 0 Å². The first kappa shape index (κ1) is 13.9. The zero-order valence-electron chi connectivity index (χ0n) is 11.5. The number of hydrazine groups is 1. The molecule has 2 aromatic heterocycles. The second-order valence-electron chi connectivity index (χ2n) is 4.78. The van der Waals surface area contributed by atoms with Crippen molar-refractivity contribution >= 4 is 11.3 Å². The van der Waals surface area contributed by atoms with Crippen LogP contribution in [0.3, 0.4) is 0 Å². The number of nitrogens with zero attached hydrogens (tertiary/aromatic N) is 3. The Bertz CT molecular complexity index is 662. The van der Waals surface area contributed by atoms with Crippen molar-refractivity contribution in [3.63, 3.8) is 0 Å².